The normalized spacial score (nSPS) is 15.7. The predicted molar refractivity (Wildman–Crippen MR) is 52.8 cm³/mol. The van der Waals surface area contributed by atoms with Crippen molar-refractivity contribution in [2.24, 2.45) is 0 Å². The lowest BCUT2D eigenvalue weighted by atomic mass is 10.2. The van der Waals surface area contributed by atoms with Gasteiger partial charge in [-0.1, -0.05) is 6.92 Å². The molecule has 68 valence electrons. The molecule has 1 heterocycles. The second kappa shape index (κ2) is 3.47. The van der Waals surface area contributed by atoms with Crippen LogP contribution in [0.4, 0.5) is 0 Å². The predicted octanol–water partition coefficient (Wildman–Crippen LogP) is 2.84. The molecule has 1 aliphatic rings. The van der Waals surface area contributed by atoms with E-state index in [1.165, 1.54) is 12.8 Å². The Morgan fingerprint density at radius 2 is 2.38 bits per heavy atom. The number of thiazole rings is 1. The highest BCUT2D eigenvalue weighted by molar-refractivity contribution is 7.12. The third kappa shape index (κ3) is 1.73. The van der Waals surface area contributed by atoms with Crippen LogP contribution in [0.1, 0.15) is 47.7 Å². The van der Waals surface area contributed by atoms with E-state index in [1.807, 2.05) is 0 Å². The summed E-state index contributed by atoms with van der Waals surface area (Å²) in [6.07, 6.45) is 4.59. The molecule has 1 aromatic heterocycles. The Balaban J connectivity index is 2.27. The SMILES string of the molecule is CCCc1nc(C2CC2)c(C#N)s1. The van der Waals surface area contributed by atoms with Crippen LogP contribution < -0.4 is 0 Å². The quantitative estimate of drug-likeness (QED) is 0.738. The first-order valence-corrected chi connectivity index (χ1v) is 5.56. The zero-order chi connectivity index (χ0) is 9.26. The standard InChI is InChI=1S/C10H12N2S/c1-2-3-9-12-10(7-4-5-7)8(6-11)13-9/h7H,2-5H2,1H3. The van der Waals surface area contributed by atoms with Gasteiger partial charge in [0.1, 0.15) is 10.9 Å². The summed E-state index contributed by atoms with van der Waals surface area (Å²) in [5.74, 6) is 0.608. The van der Waals surface area contributed by atoms with Crippen molar-refractivity contribution in [2.45, 2.75) is 38.5 Å². The molecule has 1 aliphatic carbocycles. The van der Waals surface area contributed by atoms with Crippen molar-refractivity contribution in [1.82, 2.24) is 4.98 Å². The smallest absolute Gasteiger partial charge is 0.128 e. The van der Waals surface area contributed by atoms with Gasteiger partial charge in [0.25, 0.3) is 0 Å². The van der Waals surface area contributed by atoms with Crippen LogP contribution in [-0.2, 0) is 6.42 Å². The molecule has 1 saturated carbocycles. The monoisotopic (exact) mass is 192 g/mol. The summed E-state index contributed by atoms with van der Waals surface area (Å²) < 4.78 is 0. The third-order valence-electron chi connectivity index (χ3n) is 2.23. The minimum absolute atomic E-state index is 0.608. The molecule has 2 rings (SSSR count). The van der Waals surface area contributed by atoms with E-state index in [-0.39, 0.29) is 0 Å². The molecule has 1 aromatic rings. The molecule has 13 heavy (non-hydrogen) atoms. The van der Waals surface area contributed by atoms with E-state index in [0.29, 0.717) is 5.92 Å². The Labute approximate surface area is 82.2 Å². The minimum Gasteiger partial charge on any atom is -0.245 e. The first-order valence-electron chi connectivity index (χ1n) is 4.74. The first kappa shape index (κ1) is 8.71. The van der Waals surface area contributed by atoms with Crippen molar-refractivity contribution in [1.29, 1.82) is 5.26 Å². The zero-order valence-electron chi connectivity index (χ0n) is 7.71. The summed E-state index contributed by atoms with van der Waals surface area (Å²) in [7, 11) is 0. The maximum absolute atomic E-state index is 8.90. The second-order valence-corrected chi connectivity index (χ2v) is 4.54. The number of aromatic nitrogens is 1. The Hall–Kier alpha value is -0.880. The Morgan fingerprint density at radius 3 is 2.92 bits per heavy atom. The van der Waals surface area contributed by atoms with E-state index in [4.69, 9.17) is 5.26 Å². The first-order chi connectivity index (χ1) is 6.35. The molecule has 2 nitrogen and oxygen atoms in total. The topological polar surface area (TPSA) is 36.7 Å². The van der Waals surface area contributed by atoms with Gasteiger partial charge in [-0.3, -0.25) is 0 Å². The molecule has 3 heteroatoms. The highest BCUT2D eigenvalue weighted by Gasteiger charge is 2.29. The number of nitrogens with zero attached hydrogens (tertiary/aromatic N) is 2. The van der Waals surface area contributed by atoms with Crippen molar-refractivity contribution in [3.8, 4) is 6.07 Å². The van der Waals surface area contributed by atoms with Crippen LogP contribution in [0, 0.1) is 11.3 Å². The summed E-state index contributed by atoms with van der Waals surface area (Å²) >= 11 is 1.58. The van der Waals surface area contributed by atoms with Crippen molar-refractivity contribution < 1.29 is 0 Å². The molecule has 0 radical (unpaired) electrons. The van der Waals surface area contributed by atoms with Gasteiger partial charge < -0.3 is 0 Å². The summed E-state index contributed by atoms with van der Waals surface area (Å²) in [5.41, 5.74) is 1.08. The molecule has 0 N–H and O–H groups in total. The van der Waals surface area contributed by atoms with E-state index >= 15 is 0 Å². The third-order valence-corrected chi connectivity index (χ3v) is 3.26. The number of nitriles is 1. The largest absolute Gasteiger partial charge is 0.245 e. The van der Waals surface area contributed by atoms with Gasteiger partial charge in [-0.25, -0.2) is 4.98 Å². The van der Waals surface area contributed by atoms with E-state index in [9.17, 15) is 0 Å². The fourth-order valence-electron chi connectivity index (χ4n) is 1.41. The van der Waals surface area contributed by atoms with Crippen LogP contribution in [0.2, 0.25) is 0 Å². The minimum atomic E-state index is 0.608. The van der Waals surface area contributed by atoms with Crippen LogP contribution in [0.3, 0.4) is 0 Å². The fraction of sp³-hybridized carbons (Fsp3) is 0.600. The van der Waals surface area contributed by atoms with Gasteiger partial charge >= 0.3 is 0 Å². The average Bonchev–Trinajstić information content (AvgIpc) is 2.89. The Kier molecular flexibility index (Phi) is 2.32. The average molecular weight is 192 g/mol. The van der Waals surface area contributed by atoms with Crippen LogP contribution >= 0.6 is 11.3 Å². The molecule has 0 aromatic carbocycles. The highest BCUT2D eigenvalue weighted by Crippen LogP contribution is 2.42. The van der Waals surface area contributed by atoms with E-state index in [1.54, 1.807) is 11.3 Å². The molecular formula is C10H12N2S. The summed E-state index contributed by atoms with van der Waals surface area (Å²) in [5, 5.41) is 10.0. The van der Waals surface area contributed by atoms with Crippen molar-refractivity contribution in [2.75, 3.05) is 0 Å². The van der Waals surface area contributed by atoms with Crippen LogP contribution in [0.5, 0.6) is 0 Å². The number of hydrogen-bond donors (Lipinski definition) is 0. The summed E-state index contributed by atoms with van der Waals surface area (Å²) in [4.78, 5) is 5.38. The maximum Gasteiger partial charge on any atom is 0.128 e. The molecule has 0 saturated heterocycles. The van der Waals surface area contributed by atoms with Crippen molar-refractivity contribution in [3.05, 3.63) is 15.6 Å². The van der Waals surface area contributed by atoms with E-state index in [0.717, 1.165) is 28.4 Å². The highest BCUT2D eigenvalue weighted by atomic mass is 32.1. The summed E-state index contributed by atoms with van der Waals surface area (Å²) in [6.45, 7) is 2.14. The van der Waals surface area contributed by atoms with Gasteiger partial charge in [-0.05, 0) is 25.7 Å². The van der Waals surface area contributed by atoms with Gasteiger partial charge in [-0.15, -0.1) is 11.3 Å². The lowest BCUT2D eigenvalue weighted by Crippen LogP contribution is -1.85. The number of hydrogen-bond acceptors (Lipinski definition) is 3. The summed E-state index contributed by atoms with van der Waals surface area (Å²) in [6, 6.07) is 2.25. The molecule has 0 unspecified atom stereocenters. The molecule has 0 amide bonds. The van der Waals surface area contributed by atoms with Crippen molar-refractivity contribution >= 4 is 11.3 Å². The van der Waals surface area contributed by atoms with Gasteiger partial charge in [0.15, 0.2) is 0 Å². The maximum atomic E-state index is 8.90. The van der Waals surface area contributed by atoms with Crippen LogP contribution in [-0.4, -0.2) is 4.98 Å². The fourth-order valence-corrected chi connectivity index (χ4v) is 2.46. The Morgan fingerprint density at radius 1 is 1.62 bits per heavy atom. The van der Waals surface area contributed by atoms with Gasteiger partial charge in [0.05, 0.1) is 10.7 Å². The molecule has 1 fully saturated rings. The molecule has 0 atom stereocenters. The van der Waals surface area contributed by atoms with Gasteiger partial charge in [0.2, 0.25) is 0 Å². The molecule has 0 aliphatic heterocycles. The second-order valence-electron chi connectivity index (χ2n) is 3.46. The number of aryl methyl sites for hydroxylation is 1. The van der Waals surface area contributed by atoms with Gasteiger partial charge in [0, 0.05) is 5.92 Å². The van der Waals surface area contributed by atoms with Crippen molar-refractivity contribution in [3.63, 3.8) is 0 Å². The van der Waals surface area contributed by atoms with Crippen LogP contribution in [0.25, 0.3) is 0 Å². The van der Waals surface area contributed by atoms with Crippen LogP contribution in [0.15, 0.2) is 0 Å². The van der Waals surface area contributed by atoms with E-state index < -0.39 is 0 Å². The lowest BCUT2D eigenvalue weighted by Gasteiger charge is -1.88. The molecule has 0 spiro atoms. The zero-order valence-corrected chi connectivity index (χ0v) is 8.52. The van der Waals surface area contributed by atoms with Gasteiger partial charge in [-0.2, -0.15) is 5.26 Å². The van der Waals surface area contributed by atoms with E-state index in [2.05, 4.69) is 18.0 Å². The lowest BCUT2D eigenvalue weighted by molar-refractivity contribution is 0.891. The Bertz CT molecular complexity index is 344. The molecular weight excluding hydrogens is 180 g/mol. The number of rotatable bonds is 3. The molecule has 0 bridgehead atoms.